The van der Waals surface area contributed by atoms with Gasteiger partial charge in [0, 0.05) is 13.2 Å². The van der Waals surface area contributed by atoms with Gasteiger partial charge in [0.1, 0.15) is 6.61 Å². The van der Waals surface area contributed by atoms with Gasteiger partial charge in [0.05, 0.1) is 18.6 Å². The molecule has 0 aromatic rings. The Bertz CT molecular complexity index is 313. The Morgan fingerprint density at radius 2 is 1.80 bits per heavy atom. The molecule has 1 amide bonds. The molecule has 6 heteroatoms. The predicted molar refractivity (Wildman–Crippen MR) is 73.5 cm³/mol. The van der Waals surface area contributed by atoms with Crippen LogP contribution in [0.15, 0.2) is 0 Å². The van der Waals surface area contributed by atoms with Crippen LogP contribution in [0.1, 0.15) is 39.0 Å². The van der Waals surface area contributed by atoms with Crippen molar-refractivity contribution in [3.8, 4) is 0 Å². The molecule has 0 saturated heterocycles. The van der Waals surface area contributed by atoms with Crippen molar-refractivity contribution in [1.29, 1.82) is 0 Å². The van der Waals surface area contributed by atoms with Gasteiger partial charge in [0.25, 0.3) is 0 Å². The maximum Gasteiger partial charge on any atom is 0.311 e. The van der Waals surface area contributed by atoms with Crippen LogP contribution in [-0.4, -0.2) is 50.0 Å². The zero-order valence-corrected chi connectivity index (χ0v) is 12.2. The van der Waals surface area contributed by atoms with Crippen LogP contribution in [0.3, 0.4) is 0 Å². The van der Waals surface area contributed by atoms with Crippen LogP contribution in [-0.2, 0) is 19.1 Å². The molecule has 20 heavy (non-hydrogen) atoms. The monoisotopic (exact) mass is 287 g/mol. The Morgan fingerprint density at radius 3 is 2.40 bits per heavy atom. The highest BCUT2D eigenvalue weighted by Crippen LogP contribution is 2.35. The summed E-state index contributed by atoms with van der Waals surface area (Å²) in [5, 5.41) is 12.1. The number of amides is 1. The van der Waals surface area contributed by atoms with Gasteiger partial charge in [0.15, 0.2) is 0 Å². The fraction of sp³-hybridized carbons (Fsp3) is 0.857. The van der Waals surface area contributed by atoms with E-state index in [1.165, 1.54) is 0 Å². The molecule has 0 aromatic heterocycles. The largest absolute Gasteiger partial charge is 0.481 e. The van der Waals surface area contributed by atoms with Crippen LogP contribution >= 0.6 is 0 Å². The molecule has 1 rings (SSSR count). The lowest BCUT2D eigenvalue weighted by Gasteiger charge is -2.33. The summed E-state index contributed by atoms with van der Waals surface area (Å²) >= 11 is 0. The maximum absolute atomic E-state index is 11.6. The van der Waals surface area contributed by atoms with Gasteiger partial charge in [-0.05, 0) is 19.8 Å². The van der Waals surface area contributed by atoms with Crippen molar-refractivity contribution in [2.45, 2.75) is 39.0 Å². The number of nitrogens with one attached hydrogen (secondary N) is 1. The summed E-state index contributed by atoms with van der Waals surface area (Å²) in [6.07, 6.45) is 4.16. The summed E-state index contributed by atoms with van der Waals surface area (Å²) in [5.74, 6) is -1.08. The van der Waals surface area contributed by atoms with Gasteiger partial charge in [-0.15, -0.1) is 0 Å². The topological polar surface area (TPSA) is 84.9 Å². The molecule has 0 radical (unpaired) electrons. The molecular formula is C14H25NO5. The van der Waals surface area contributed by atoms with E-state index >= 15 is 0 Å². The zero-order chi connectivity index (χ0) is 14.8. The van der Waals surface area contributed by atoms with Crippen LogP contribution in [0.4, 0.5) is 0 Å². The minimum atomic E-state index is -0.810. The average Bonchev–Trinajstić information content (AvgIpc) is 2.46. The van der Waals surface area contributed by atoms with Crippen molar-refractivity contribution in [3.63, 3.8) is 0 Å². The third-order valence-electron chi connectivity index (χ3n) is 3.70. The van der Waals surface area contributed by atoms with Crippen LogP contribution in [0.25, 0.3) is 0 Å². The second kappa shape index (κ2) is 8.92. The first-order chi connectivity index (χ1) is 9.60. The number of rotatable bonds is 9. The highest BCUT2D eigenvalue weighted by molar-refractivity contribution is 5.79. The SMILES string of the molecule is CCOCCOCC(=O)NCC1(C(=O)O)CCCCC1. The summed E-state index contributed by atoms with van der Waals surface area (Å²) in [5.41, 5.74) is -0.792. The van der Waals surface area contributed by atoms with E-state index in [4.69, 9.17) is 9.47 Å². The molecule has 0 heterocycles. The van der Waals surface area contributed by atoms with E-state index in [0.29, 0.717) is 32.7 Å². The smallest absolute Gasteiger partial charge is 0.311 e. The number of carbonyl (C=O) groups is 2. The fourth-order valence-corrected chi connectivity index (χ4v) is 2.44. The van der Waals surface area contributed by atoms with Crippen molar-refractivity contribution in [1.82, 2.24) is 5.32 Å². The van der Waals surface area contributed by atoms with Crippen molar-refractivity contribution >= 4 is 11.9 Å². The first kappa shape index (κ1) is 16.9. The number of aliphatic carboxylic acids is 1. The fourth-order valence-electron chi connectivity index (χ4n) is 2.44. The Kier molecular flexibility index (Phi) is 7.54. The first-order valence-corrected chi connectivity index (χ1v) is 7.26. The Labute approximate surface area is 119 Å². The lowest BCUT2D eigenvalue weighted by atomic mass is 9.74. The van der Waals surface area contributed by atoms with Gasteiger partial charge in [-0.2, -0.15) is 0 Å². The number of carboxylic acids is 1. The summed E-state index contributed by atoms with van der Waals surface area (Å²) in [7, 11) is 0. The summed E-state index contributed by atoms with van der Waals surface area (Å²) in [6, 6.07) is 0. The molecule has 2 N–H and O–H groups in total. The summed E-state index contributed by atoms with van der Waals surface area (Å²) in [6.45, 7) is 3.48. The molecule has 0 unspecified atom stereocenters. The van der Waals surface area contributed by atoms with E-state index < -0.39 is 11.4 Å². The minimum absolute atomic E-state index is 0.0528. The second-order valence-corrected chi connectivity index (χ2v) is 5.17. The molecule has 0 spiro atoms. The van der Waals surface area contributed by atoms with Gasteiger partial charge in [-0.25, -0.2) is 0 Å². The van der Waals surface area contributed by atoms with Crippen LogP contribution in [0, 0.1) is 5.41 Å². The maximum atomic E-state index is 11.6. The molecule has 1 aliphatic rings. The van der Waals surface area contributed by atoms with Crippen molar-refractivity contribution < 1.29 is 24.2 Å². The van der Waals surface area contributed by atoms with E-state index in [1.54, 1.807) is 0 Å². The van der Waals surface area contributed by atoms with Crippen molar-refractivity contribution in [2.75, 3.05) is 33.0 Å². The zero-order valence-electron chi connectivity index (χ0n) is 12.2. The number of ether oxygens (including phenoxy) is 2. The lowest BCUT2D eigenvalue weighted by molar-refractivity contribution is -0.151. The Balaban J connectivity index is 2.25. The molecule has 1 aliphatic carbocycles. The molecule has 116 valence electrons. The van der Waals surface area contributed by atoms with Gasteiger partial charge in [-0.3, -0.25) is 9.59 Å². The number of carboxylic acid groups (broad SMARTS) is 1. The van der Waals surface area contributed by atoms with Crippen LogP contribution in [0.2, 0.25) is 0 Å². The Hall–Kier alpha value is -1.14. The van der Waals surface area contributed by atoms with Crippen LogP contribution in [0.5, 0.6) is 0 Å². The number of carbonyl (C=O) groups excluding carboxylic acids is 1. The number of hydrogen-bond donors (Lipinski definition) is 2. The summed E-state index contributed by atoms with van der Waals surface area (Å²) in [4.78, 5) is 23.0. The van der Waals surface area contributed by atoms with Gasteiger partial charge < -0.3 is 19.9 Å². The quantitative estimate of drug-likeness (QED) is 0.622. The molecule has 0 bridgehead atoms. The first-order valence-electron chi connectivity index (χ1n) is 7.26. The third-order valence-corrected chi connectivity index (χ3v) is 3.70. The number of hydrogen-bond acceptors (Lipinski definition) is 4. The molecular weight excluding hydrogens is 262 g/mol. The highest BCUT2D eigenvalue weighted by atomic mass is 16.5. The summed E-state index contributed by atoms with van der Waals surface area (Å²) < 4.78 is 10.2. The van der Waals surface area contributed by atoms with Gasteiger partial charge in [-0.1, -0.05) is 19.3 Å². The molecule has 0 aromatic carbocycles. The molecule has 6 nitrogen and oxygen atoms in total. The lowest BCUT2D eigenvalue weighted by Crippen LogP contribution is -2.45. The van der Waals surface area contributed by atoms with Gasteiger partial charge in [0.2, 0.25) is 5.91 Å². The molecule has 0 aliphatic heterocycles. The highest BCUT2D eigenvalue weighted by Gasteiger charge is 2.39. The molecule has 0 atom stereocenters. The molecule has 1 saturated carbocycles. The van der Waals surface area contributed by atoms with E-state index in [9.17, 15) is 14.7 Å². The average molecular weight is 287 g/mol. The normalized spacial score (nSPS) is 17.6. The molecule has 1 fully saturated rings. The second-order valence-electron chi connectivity index (χ2n) is 5.17. The standard InChI is InChI=1S/C14H25NO5/c1-2-19-8-9-20-10-12(16)15-11-14(13(17)18)6-4-3-5-7-14/h2-11H2,1H3,(H,15,16)(H,17,18). The van der Waals surface area contributed by atoms with Crippen LogP contribution < -0.4 is 5.32 Å². The van der Waals surface area contributed by atoms with E-state index in [2.05, 4.69) is 5.32 Å². The van der Waals surface area contributed by atoms with E-state index in [-0.39, 0.29) is 19.1 Å². The van der Waals surface area contributed by atoms with Crippen molar-refractivity contribution in [2.24, 2.45) is 5.41 Å². The van der Waals surface area contributed by atoms with Crippen molar-refractivity contribution in [3.05, 3.63) is 0 Å². The van der Waals surface area contributed by atoms with E-state index in [1.807, 2.05) is 6.92 Å². The third kappa shape index (κ3) is 5.46. The Morgan fingerprint density at radius 1 is 1.15 bits per heavy atom. The van der Waals surface area contributed by atoms with Gasteiger partial charge >= 0.3 is 5.97 Å². The van der Waals surface area contributed by atoms with E-state index in [0.717, 1.165) is 19.3 Å². The minimum Gasteiger partial charge on any atom is -0.481 e. The predicted octanol–water partition coefficient (Wildman–Crippen LogP) is 1.19.